The van der Waals surface area contributed by atoms with Crippen molar-refractivity contribution in [2.45, 2.75) is 56.8 Å². The van der Waals surface area contributed by atoms with Gasteiger partial charge in [-0.25, -0.2) is 8.42 Å². The number of benzene rings is 1. The Morgan fingerprint density at radius 3 is 2.29 bits per heavy atom. The summed E-state index contributed by atoms with van der Waals surface area (Å²) in [6.07, 6.45) is 4.51. The molecule has 0 N–H and O–H groups in total. The number of amides is 1. The number of rotatable bonds is 5. The summed E-state index contributed by atoms with van der Waals surface area (Å²) in [5.41, 5.74) is 0.967. The van der Waals surface area contributed by atoms with Crippen LogP contribution in [0.25, 0.3) is 0 Å². The van der Waals surface area contributed by atoms with E-state index in [4.69, 9.17) is 4.74 Å². The molecule has 2 aliphatic heterocycles. The van der Waals surface area contributed by atoms with Gasteiger partial charge in [0.2, 0.25) is 15.9 Å². The summed E-state index contributed by atoms with van der Waals surface area (Å²) in [5, 5.41) is 0. The van der Waals surface area contributed by atoms with Crippen molar-refractivity contribution in [3.05, 3.63) is 23.8 Å². The van der Waals surface area contributed by atoms with Gasteiger partial charge in [0.05, 0.1) is 7.11 Å². The Morgan fingerprint density at radius 2 is 1.71 bits per heavy atom. The number of hydrogen-bond donors (Lipinski definition) is 0. The lowest BCUT2D eigenvalue weighted by Crippen LogP contribution is -2.45. The molecule has 0 spiro atoms. The third-order valence-electron chi connectivity index (χ3n) is 5.94. The molecular formula is C21H32N2O4S. The van der Waals surface area contributed by atoms with Crippen LogP contribution in [-0.2, 0) is 14.8 Å². The average Bonchev–Trinajstić information content (AvgIpc) is 2.73. The molecule has 0 aromatic heterocycles. The molecule has 1 aromatic carbocycles. The molecule has 28 heavy (non-hydrogen) atoms. The van der Waals surface area contributed by atoms with Crippen molar-refractivity contribution in [3.63, 3.8) is 0 Å². The molecule has 0 saturated carbocycles. The second-order valence-corrected chi connectivity index (χ2v) is 10.0. The number of likely N-dealkylation sites (tertiary alicyclic amines) is 1. The number of methoxy groups -OCH3 is 1. The molecule has 1 aromatic rings. The van der Waals surface area contributed by atoms with Gasteiger partial charge in [0.1, 0.15) is 10.6 Å². The van der Waals surface area contributed by atoms with E-state index in [9.17, 15) is 13.2 Å². The Balaban J connectivity index is 1.72. The minimum atomic E-state index is -3.65. The van der Waals surface area contributed by atoms with Crippen LogP contribution in [0.1, 0.15) is 57.4 Å². The fourth-order valence-electron chi connectivity index (χ4n) is 4.11. The quantitative estimate of drug-likeness (QED) is 0.750. The SMILES string of the molecule is COc1ccc(C(C)C)cc1S(=O)(=O)N1CCC(C(=O)N2CCCCC2)CC1. The van der Waals surface area contributed by atoms with E-state index in [2.05, 4.69) is 0 Å². The Hall–Kier alpha value is -1.60. The van der Waals surface area contributed by atoms with Crippen LogP contribution in [0.15, 0.2) is 23.1 Å². The fourth-order valence-corrected chi connectivity index (χ4v) is 5.77. The maximum absolute atomic E-state index is 13.3. The molecule has 0 atom stereocenters. The fraction of sp³-hybridized carbons (Fsp3) is 0.667. The lowest BCUT2D eigenvalue weighted by Gasteiger charge is -2.35. The van der Waals surface area contributed by atoms with Crippen molar-refractivity contribution in [2.75, 3.05) is 33.3 Å². The van der Waals surface area contributed by atoms with Crippen molar-refractivity contribution < 1.29 is 17.9 Å². The van der Waals surface area contributed by atoms with Gasteiger partial charge in [-0.3, -0.25) is 4.79 Å². The molecule has 156 valence electrons. The number of nitrogens with zero attached hydrogens (tertiary/aromatic N) is 2. The van der Waals surface area contributed by atoms with E-state index in [-0.39, 0.29) is 22.6 Å². The lowest BCUT2D eigenvalue weighted by atomic mass is 9.95. The van der Waals surface area contributed by atoms with E-state index in [0.29, 0.717) is 31.7 Å². The zero-order chi connectivity index (χ0) is 20.3. The first-order chi connectivity index (χ1) is 13.3. The molecule has 1 amide bonds. The first-order valence-electron chi connectivity index (χ1n) is 10.3. The maximum atomic E-state index is 13.3. The third-order valence-corrected chi connectivity index (χ3v) is 7.86. The van der Waals surface area contributed by atoms with Crippen LogP contribution in [0.2, 0.25) is 0 Å². The summed E-state index contributed by atoms with van der Waals surface area (Å²) >= 11 is 0. The van der Waals surface area contributed by atoms with E-state index < -0.39 is 10.0 Å². The van der Waals surface area contributed by atoms with Crippen molar-refractivity contribution in [2.24, 2.45) is 5.92 Å². The van der Waals surface area contributed by atoms with Gasteiger partial charge in [0.15, 0.2) is 0 Å². The summed E-state index contributed by atoms with van der Waals surface area (Å²) in [7, 11) is -2.16. The predicted octanol–water partition coefficient (Wildman–Crippen LogP) is 3.23. The largest absolute Gasteiger partial charge is 0.495 e. The lowest BCUT2D eigenvalue weighted by molar-refractivity contribution is -0.137. The number of carbonyl (C=O) groups excluding carboxylic acids is 1. The van der Waals surface area contributed by atoms with Gasteiger partial charge in [0, 0.05) is 32.1 Å². The first-order valence-corrected chi connectivity index (χ1v) is 11.8. The number of piperidine rings is 2. The minimum absolute atomic E-state index is 0.0616. The van der Waals surface area contributed by atoms with Crippen molar-refractivity contribution >= 4 is 15.9 Å². The standard InChI is InChI=1S/C21H32N2O4S/c1-16(2)18-7-8-19(27-3)20(15-18)28(25,26)23-13-9-17(10-14-23)21(24)22-11-5-4-6-12-22/h7-8,15-17H,4-6,9-14H2,1-3H3. The van der Waals surface area contributed by atoms with Crippen LogP contribution in [0.5, 0.6) is 5.75 Å². The Labute approximate surface area is 168 Å². The van der Waals surface area contributed by atoms with Crippen LogP contribution in [0, 0.1) is 5.92 Å². The van der Waals surface area contributed by atoms with E-state index in [1.807, 2.05) is 24.8 Å². The molecule has 2 aliphatic rings. The van der Waals surface area contributed by atoms with Crippen molar-refractivity contribution in [3.8, 4) is 5.75 Å². The molecule has 2 fully saturated rings. The van der Waals surface area contributed by atoms with Crippen LogP contribution in [0.4, 0.5) is 0 Å². The van der Waals surface area contributed by atoms with Crippen LogP contribution >= 0.6 is 0 Å². The van der Waals surface area contributed by atoms with Crippen LogP contribution < -0.4 is 4.74 Å². The minimum Gasteiger partial charge on any atom is -0.495 e. The molecule has 7 heteroatoms. The van der Waals surface area contributed by atoms with Gasteiger partial charge in [-0.2, -0.15) is 4.31 Å². The smallest absolute Gasteiger partial charge is 0.246 e. The first kappa shape index (κ1) is 21.1. The maximum Gasteiger partial charge on any atom is 0.246 e. The van der Waals surface area contributed by atoms with E-state index in [1.54, 1.807) is 12.1 Å². The normalized spacial score (nSPS) is 19.8. The molecule has 6 nitrogen and oxygen atoms in total. The highest BCUT2D eigenvalue weighted by molar-refractivity contribution is 7.89. The Bertz CT molecular complexity index is 793. The second kappa shape index (κ2) is 8.82. The van der Waals surface area contributed by atoms with Crippen LogP contribution in [0.3, 0.4) is 0 Å². The summed E-state index contributed by atoms with van der Waals surface area (Å²) < 4.78 is 33.4. The highest BCUT2D eigenvalue weighted by Crippen LogP contribution is 2.32. The topological polar surface area (TPSA) is 66.9 Å². The number of sulfonamides is 1. The molecule has 2 saturated heterocycles. The van der Waals surface area contributed by atoms with E-state index >= 15 is 0 Å². The number of hydrogen-bond acceptors (Lipinski definition) is 4. The van der Waals surface area contributed by atoms with Gasteiger partial charge in [-0.05, 0) is 55.7 Å². The second-order valence-electron chi connectivity index (χ2n) is 8.13. The molecule has 3 rings (SSSR count). The highest BCUT2D eigenvalue weighted by atomic mass is 32.2. The zero-order valence-corrected chi connectivity index (χ0v) is 18.0. The van der Waals surface area contributed by atoms with Gasteiger partial charge in [0.25, 0.3) is 0 Å². The molecule has 0 radical (unpaired) electrons. The summed E-state index contributed by atoms with van der Waals surface area (Å²) in [6.45, 7) is 6.52. The Kier molecular flexibility index (Phi) is 6.65. The third kappa shape index (κ3) is 4.35. The van der Waals surface area contributed by atoms with Gasteiger partial charge < -0.3 is 9.64 Å². The van der Waals surface area contributed by atoms with Crippen molar-refractivity contribution in [1.82, 2.24) is 9.21 Å². The molecule has 0 unspecified atom stereocenters. The average molecular weight is 409 g/mol. The number of carbonyl (C=O) groups is 1. The Morgan fingerprint density at radius 1 is 1.07 bits per heavy atom. The van der Waals surface area contributed by atoms with Gasteiger partial charge in [-0.15, -0.1) is 0 Å². The molecule has 0 bridgehead atoms. The zero-order valence-electron chi connectivity index (χ0n) is 17.2. The predicted molar refractivity (Wildman–Crippen MR) is 109 cm³/mol. The monoisotopic (exact) mass is 408 g/mol. The van der Waals surface area contributed by atoms with E-state index in [1.165, 1.54) is 17.8 Å². The molecule has 2 heterocycles. The molecular weight excluding hydrogens is 376 g/mol. The molecule has 0 aliphatic carbocycles. The number of ether oxygens (including phenoxy) is 1. The van der Waals surface area contributed by atoms with E-state index in [0.717, 1.165) is 31.5 Å². The summed E-state index contributed by atoms with van der Waals surface area (Å²) in [5.74, 6) is 0.744. The van der Waals surface area contributed by atoms with Crippen LogP contribution in [-0.4, -0.2) is 56.8 Å². The summed E-state index contributed by atoms with van der Waals surface area (Å²) in [6, 6.07) is 5.37. The highest BCUT2D eigenvalue weighted by Gasteiger charge is 2.35. The summed E-state index contributed by atoms with van der Waals surface area (Å²) in [4.78, 5) is 14.9. The van der Waals surface area contributed by atoms with Gasteiger partial charge >= 0.3 is 0 Å². The van der Waals surface area contributed by atoms with Gasteiger partial charge in [-0.1, -0.05) is 19.9 Å². The van der Waals surface area contributed by atoms with Crippen molar-refractivity contribution in [1.29, 1.82) is 0 Å².